The summed E-state index contributed by atoms with van der Waals surface area (Å²) in [6, 6.07) is 10.4. The van der Waals surface area contributed by atoms with Gasteiger partial charge in [-0.1, -0.05) is 18.2 Å². The summed E-state index contributed by atoms with van der Waals surface area (Å²) in [5.74, 6) is 0.647. The topological polar surface area (TPSA) is 69.9 Å². The Kier molecular flexibility index (Phi) is 3.14. The van der Waals surface area contributed by atoms with Gasteiger partial charge in [0.2, 0.25) is 5.75 Å². The van der Waals surface area contributed by atoms with Crippen LogP contribution in [-0.4, -0.2) is 21.9 Å². The van der Waals surface area contributed by atoms with Gasteiger partial charge in [0.25, 0.3) is 0 Å². The smallest absolute Gasteiger partial charge is 0.200 e. The van der Waals surface area contributed by atoms with Crippen molar-refractivity contribution in [2.45, 2.75) is 12.8 Å². The molecule has 4 nitrogen and oxygen atoms in total. The van der Waals surface area contributed by atoms with Crippen LogP contribution in [0.2, 0.25) is 0 Å². The average Bonchev–Trinajstić information content (AvgIpc) is 2.46. The van der Waals surface area contributed by atoms with E-state index in [4.69, 9.17) is 4.74 Å². The van der Waals surface area contributed by atoms with Gasteiger partial charge >= 0.3 is 0 Å². The number of ether oxygens (including phenoxy) is 1. The summed E-state index contributed by atoms with van der Waals surface area (Å²) < 4.78 is 5.58. The molecule has 0 saturated carbocycles. The summed E-state index contributed by atoms with van der Waals surface area (Å²) in [7, 11) is 0. The lowest BCUT2D eigenvalue weighted by atomic mass is 9.90. The predicted octanol–water partition coefficient (Wildman–Crippen LogP) is 2.60. The molecular formula is C16H16O4. The maximum Gasteiger partial charge on any atom is 0.200 e. The molecule has 4 heteroatoms. The maximum atomic E-state index is 9.75. The van der Waals surface area contributed by atoms with Crippen LogP contribution in [0.25, 0.3) is 0 Å². The zero-order valence-electron chi connectivity index (χ0n) is 10.9. The first-order chi connectivity index (χ1) is 9.63. The van der Waals surface area contributed by atoms with E-state index >= 15 is 0 Å². The molecule has 0 saturated heterocycles. The van der Waals surface area contributed by atoms with Gasteiger partial charge in [0.1, 0.15) is 5.75 Å². The van der Waals surface area contributed by atoms with E-state index in [9.17, 15) is 15.3 Å². The van der Waals surface area contributed by atoms with Crippen LogP contribution >= 0.6 is 0 Å². The number of hydrogen-bond acceptors (Lipinski definition) is 4. The van der Waals surface area contributed by atoms with Crippen LogP contribution in [-0.2, 0) is 12.8 Å². The molecule has 20 heavy (non-hydrogen) atoms. The Bertz CT molecular complexity index is 619. The molecule has 0 amide bonds. The first kappa shape index (κ1) is 12.7. The van der Waals surface area contributed by atoms with Crippen LogP contribution in [0.5, 0.6) is 23.0 Å². The van der Waals surface area contributed by atoms with Gasteiger partial charge in [-0.15, -0.1) is 0 Å². The number of aromatic hydroxyl groups is 3. The van der Waals surface area contributed by atoms with E-state index in [-0.39, 0.29) is 17.2 Å². The Labute approximate surface area is 116 Å². The first-order valence-corrected chi connectivity index (χ1v) is 6.58. The molecule has 2 aromatic carbocycles. The average molecular weight is 272 g/mol. The van der Waals surface area contributed by atoms with Crippen molar-refractivity contribution in [3.63, 3.8) is 0 Å². The van der Waals surface area contributed by atoms with Crippen LogP contribution in [0.3, 0.4) is 0 Å². The van der Waals surface area contributed by atoms with Crippen molar-refractivity contribution in [1.29, 1.82) is 0 Å². The van der Waals surface area contributed by atoms with E-state index in [2.05, 4.69) is 0 Å². The van der Waals surface area contributed by atoms with E-state index in [1.54, 1.807) is 18.2 Å². The fourth-order valence-corrected chi connectivity index (χ4v) is 2.59. The Hall–Kier alpha value is -2.36. The van der Waals surface area contributed by atoms with Crippen LogP contribution in [0, 0.1) is 5.92 Å². The minimum absolute atomic E-state index is 0.152. The second kappa shape index (κ2) is 4.96. The minimum Gasteiger partial charge on any atom is -0.508 e. The molecule has 104 valence electrons. The quantitative estimate of drug-likeness (QED) is 0.735. The number of benzene rings is 2. The van der Waals surface area contributed by atoms with Gasteiger partial charge in [0, 0.05) is 5.92 Å². The number of hydrogen-bond donors (Lipinski definition) is 3. The van der Waals surface area contributed by atoms with Crippen molar-refractivity contribution < 1.29 is 20.1 Å². The summed E-state index contributed by atoms with van der Waals surface area (Å²) in [5, 5.41) is 28.5. The zero-order chi connectivity index (χ0) is 14.1. The Morgan fingerprint density at radius 1 is 1.00 bits per heavy atom. The highest BCUT2D eigenvalue weighted by molar-refractivity contribution is 5.54. The highest BCUT2D eigenvalue weighted by Crippen LogP contribution is 2.41. The van der Waals surface area contributed by atoms with Crippen molar-refractivity contribution >= 4 is 0 Å². The van der Waals surface area contributed by atoms with E-state index in [0.29, 0.717) is 18.3 Å². The highest BCUT2D eigenvalue weighted by Gasteiger charge is 2.24. The maximum absolute atomic E-state index is 9.75. The number of phenols is 3. The SMILES string of the molecule is Oc1ccc(CC2COc3c(ccc(O)c3O)C2)cc1. The largest absolute Gasteiger partial charge is 0.508 e. The zero-order valence-corrected chi connectivity index (χ0v) is 10.9. The Balaban J connectivity index is 1.76. The monoisotopic (exact) mass is 272 g/mol. The molecule has 0 radical (unpaired) electrons. The van der Waals surface area contributed by atoms with Crippen molar-refractivity contribution in [3.05, 3.63) is 47.5 Å². The Morgan fingerprint density at radius 3 is 2.50 bits per heavy atom. The fraction of sp³-hybridized carbons (Fsp3) is 0.250. The van der Waals surface area contributed by atoms with E-state index in [1.807, 2.05) is 12.1 Å². The number of rotatable bonds is 2. The fourth-order valence-electron chi connectivity index (χ4n) is 2.59. The molecule has 0 fully saturated rings. The molecule has 1 heterocycles. The van der Waals surface area contributed by atoms with Crippen LogP contribution in [0.1, 0.15) is 11.1 Å². The Morgan fingerprint density at radius 2 is 1.75 bits per heavy atom. The van der Waals surface area contributed by atoms with Crippen molar-refractivity contribution in [2.24, 2.45) is 5.92 Å². The van der Waals surface area contributed by atoms with Gasteiger partial charge in [0.05, 0.1) is 6.61 Å². The lowest BCUT2D eigenvalue weighted by molar-refractivity contribution is 0.210. The van der Waals surface area contributed by atoms with Crippen LogP contribution in [0.15, 0.2) is 36.4 Å². The number of fused-ring (bicyclic) bond motifs is 1. The minimum atomic E-state index is -0.175. The normalized spacial score (nSPS) is 17.3. The molecule has 3 rings (SSSR count). The predicted molar refractivity (Wildman–Crippen MR) is 74.3 cm³/mol. The van der Waals surface area contributed by atoms with E-state index in [1.165, 1.54) is 6.07 Å². The first-order valence-electron chi connectivity index (χ1n) is 6.58. The molecular weight excluding hydrogens is 256 g/mol. The lowest BCUT2D eigenvalue weighted by Gasteiger charge is -2.26. The molecule has 1 unspecified atom stereocenters. The molecule has 1 atom stereocenters. The van der Waals surface area contributed by atoms with Crippen molar-refractivity contribution in [2.75, 3.05) is 6.61 Å². The second-order valence-electron chi connectivity index (χ2n) is 5.17. The molecule has 2 aromatic rings. The van der Waals surface area contributed by atoms with E-state index in [0.717, 1.165) is 24.0 Å². The summed E-state index contributed by atoms with van der Waals surface area (Å²) in [6.07, 6.45) is 1.64. The van der Waals surface area contributed by atoms with Crippen LogP contribution in [0.4, 0.5) is 0 Å². The van der Waals surface area contributed by atoms with Gasteiger partial charge in [0.15, 0.2) is 11.5 Å². The third-order valence-corrected chi connectivity index (χ3v) is 3.62. The van der Waals surface area contributed by atoms with Crippen molar-refractivity contribution in [1.82, 2.24) is 0 Å². The number of phenolic OH excluding ortho intramolecular Hbond substituents is 3. The van der Waals surface area contributed by atoms with Crippen LogP contribution < -0.4 is 4.74 Å². The highest BCUT2D eigenvalue weighted by atomic mass is 16.5. The van der Waals surface area contributed by atoms with Gasteiger partial charge < -0.3 is 20.1 Å². The standard InChI is InChI=1S/C16H16O4/c17-13-4-1-10(2-5-13)7-11-8-12-3-6-14(18)15(19)16(12)20-9-11/h1-6,11,17-19H,7-9H2. The summed E-state index contributed by atoms with van der Waals surface area (Å²) in [6.45, 7) is 0.505. The van der Waals surface area contributed by atoms with E-state index < -0.39 is 0 Å². The second-order valence-corrected chi connectivity index (χ2v) is 5.17. The van der Waals surface area contributed by atoms with Gasteiger partial charge in [-0.3, -0.25) is 0 Å². The third-order valence-electron chi connectivity index (χ3n) is 3.62. The third kappa shape index (κ3) is 2.37. The van der Waals surface area contributed by atoms with Gasteiger partial charge in [-0.2, -0.15) is 0 Å². The molecule has 0 spiro atoms. The molecule has 1 aliphatic rings. The van der Waals surface area contributed by atoms with Gasteiger partial charge in [-0.25, -0.2) is 0 Å². The molecule has 3 N–H and O–H groups in total. The van der Waals surface area contributed by atoms with Gasteiger partial charge in [-0.05, 0) is 42.2 Å². The molecule has 0 aromatic heterocycles. The summed E-state index contributed by atoms with van der Waals surface area (Å²) >= 11 is 0. The molecule has 1 aliphatic heterocycles. The molecule has 0 aliphatic carbocycles. The van der Waals surface area contributed by atoms with Crippen molar-refractivity contribution in [3.8, 4) is 23.0 Å². The summed E-state index contributed by atoms with van der Waals surface area (Å²) in [5.41, 5.74) is 2.05. The molecule has 0 bridgehead atoms. The lowest BCUT2D eigenvalue weighted by Crippen LogP contribution is -2.22. The summed E-state index contributed by atoms with van der Waals surface area (Å²) in [4.78, 5) is 0.